The van der Waals surface area contributed by atoms with Crippen LogP contribution in [0.5, 0.6) is 0 Å². The van der Waals surface area contributed by atoms with Crippen molar-refractivity contribution >= 4 is 44.1 Å². The van der Waals surface area contributed by atoms with E-state index in [0.29, 0.717) is 32.7 Å². The molecule has 1 amide bonds. The summed E-state index contributed by atoms with van der Waals surface area (Å²) in [5, 5.41) is 4.21. The molecule has 12 heteroatoms. The van der Waals surface area contributed by atoms with Gasteiger partial charge in [-0.25, -0.2) is 23.1 Å². The minimum absolute atomic E-state index is 0.0402. The maximum Gasteiger partial charge on any atom is 0.274 e. The molecular formula is C32H31ClN6O4S. The van der Waals surface area contributed by atoms with Gasteiger partial charge in [-0.15, -0.1) is 0 Å². The topological polar surface area (TPSA) is 149 Å². The maximum atomic E-state index is 13.7. The highest BCUT2D eigenvalue weighted by molar-refractivity contribution is 7.89. The molecule has 1 atom stereocenters. The number of carbonyl (C=O) groups excluding carboxylic acids is 1. The van der Waals surface area contributed by atoms with Gasteiger partial charge in [-0.05, 0) is 69.5 Å². The molecule has 3 aromatic carbocycles. The number of carbonyl (C=O) groups is 1. The quantitative estimate of drug-likeness (QED) is 0.222. The molecule has 226 valence electrons. The lowest BCUT2D eigenvalue weighted by molar-refractivity contribution is 0.0934. The Bertz CT molecular complexity index is 2060. The number of hydrogen-bond donors (Lipinski definition) is 3. The Labute approximate surface area is 260 Å². The number of anilines is 1. The van der Waals surface area contributed by atoms with Crippen molar-refractivity contribution < 1.29 is 13.2 Å². The van der Waals surface area contributed by atoms with Crippen molar-refractivity contribution in [1.82, 2.24) is 24.6 Å². The van der Waals surface area contributed by atoms with E-state index in [4.69, 9.17) is 17.3 Å². The zero-order valence-corrected chi connectivity index (χ0v) is 26.1. The lowest BCUT2D eigenvalue weighted by atomic mass is 10.1. The van der Waals surface area contributed by atoms with Gasteiger partial charge in [-0.1, -0.05) is 54.1 Å². The first-order valence-electron chi connectivity index (χ1n) is 13.7. The summed E-state index contributed by atoms with van der Waals surface area (Å²) in [6, 6.07) is 21.6. The van der Waals surface area contributed by atoms with Gasteiger partial charge in [0, 0.05) is 22.5 Å². The fraction of sp³-hybridized carbons (Fsp3) is 0.188. The maximum absolute atomic E-state index is 13.7. The fourth-order valence-electron chi connectivity index (χ4n) is 4.83. The van der Waals surface area contributed by atoms with Crippen LogP contribution in [0.4, 0.5) is 5.82 Å². The molecule has 5 rings (SSSR count). The highest BCUT2D eigenvalue weighted by atomic mass is 35.5. The normalized spacial score (nSPS) is 12.7. The number of para-hydroxylation sites is 1. The number of aromatic nitrogens is 3. The monoisotopic (exact) mass is 630 g/mol. The molecular weight excluding hydrogens is 600 g/mol. The molecule has 0 fully saturated rings. The van der Waals surface area contributed by atoms with Gasteiger partial charge < -0.3 is 11.1 Å². The number of pyridine rings is 1. The molecule has 0 spiro atoms. The Morgan fingerprint density at radius 3 is 2.41 bits per heavy atom. The molecule has 10 nitrogen and oxygen atoms in total. The van der Waals surface area contributed by atoms with Crippen LogP contribution in [0.2, 0.25) is 5.02 Å². The third-order valence-corrected chi connectivity index (χ3v) is 8.80. The van der Waals surface area contributed by atoms with Gasteiger partial charge in [0.1, 0.15) is 0 Å². The average molecular weight is 631 g/mol. The van der Waals surface area contributed by atoms with E-state index in [1.54, 1.807) is 70.2 Å². The largest absolute Gasteiger partial charge is 0.382 e. The number of nitrogen functional groups attached to an aromatic ring is 1. The third-order valence-electron chi connectivity index (χ3n) is 6.73. The van der Waals surface area contributed by atoms with Crippen molar-refractivity contribution in [3.8, 4) is 16.9 Å². The molecule has 0 saturated carbocycles. The van der Waals surface area contributed by atoms with Crippen molar-refractivity contribution in [3.63, 3.8) is 0 Å². The van der Waals surface area contributed by atoms with Gasteiger partial charge in [0.25, 0.3) is 11.5 Å². The summed E-state index contributed by atoms with van der Waals surface area (Å²) in [5.41, 5.74) is 6.73. The molecule has 5 aromatic rings. The molecule has 2 heterocycles. The molecule has 0 aliphatic carbocycles. The zero-order chi connectivity index (χ0) is 31.8. The number of sulfonamides is 1. The van der Waals surface area contributed by atoms with E-state index < -0.39 is 27.5 Å². The molecule has 0 aliphatic rings. The Morgan fingerprint density at radius 1 is 1.00 bits per heavy atom. The predicted octanol–water partition coefficient (Wildman–Crippen LogP) is 5.25. The van der Waals surface area contributed by atoms with Crippen LogP contribution in [-0.4, -0.2) is 34.4 Å². The van der Waals surface area contributed by atoms with E-state index in [9.17, 15) is 18.0 Å². The van der Waals surface area contributed by atoms with Gasteiger partial charge in [0.2, 0.25) is 10.0 Å². The van der Waals surface area contributed by atoms with Crippen molar-refractivity contribution in [2.24, 2.45) is 0 Å². The number of nitrogens with zero attached hydrogens (tertiary/aromatic N) is 3. The number of amides is 1. The first-order chi connectivity index (χ1) is 20.7. The lowest BCUT2D eigenvalue weighted by Gasteiger charge is -2.21. The zero-order valence-electron chi connectivity index (χ0n) is 24.5. The van der Waals surface area contributed by atoms with Gasteiger partial charge >= 0.3 is 0 Å². The molecule has 4 N–H and O–H groups in total. The molecule has 0 saturated heterocycles. The minimum Gasteiger partial charge on any atom is -0.382 e. The summed E-state index contributed by atoms with van der Waals surface area (Å²) >= 11 is 6.41. The van der Waals surface area contributed by atoms with Crippen LogP contribution in [-0.2, 0) is 10.0 Å². The Balaban J connectivity index is 1.51. The van der Waals surface area contributed by atoms with Crippen LogP contribution in [0.25, 0.3) is 27.7 Å². The van der Waals surface area contributed by atoms with Crippen LogP contribution < -0.4 is 21.3 Å². The summed E-state index contributed by atoms with van der Waals surface area (Å²) in [7, 11) is -3.82. The first-order valence-corrected chi connectivity index (χ1v) is 15.6. The fourth-order valence-corrected chi connectivity index (χ4v) is 6.56. The minimum atomic E-state index is -3.82. The van der Waals surface area contributed by atoms with Crippen molar-refractivity contribution in [1.29, 1.82) is 0 Å². The van der Waals surface area contributed by atoms with Crippen LogP contribution in [0.1, 0.15) is 49.9 Å². The van der Waals surface area contributed by atoms with Gasteiger partial charge in [-0.2, -0.15) is 0 Å². The number of nitrogens with two attached hydrogens (primary N) is 1. The molecule has 0 radical (unpaired) electrons. The number of halogens is 1. The summed E-state index contributed by atoms with van der Waals surface area (Å²) in [5.74, 6) is -0.733. The van der Waals surface area contributed by atoms with Crippen LogP contribution in [0.15, 0.2) is 94.7 Å². The standard InChI is InChI=1S/C32H31ClN6O4S/c1-19(26-17-21-11-9-15-24(33)27(21)31(41)39(26)22-12-6-5-7-13-22)36-30(40)28-29(34)35-18-25(37-28)20-10-8-14-23(16-20)44(42,43)38-32(2,3)4/h5-19,38H,1-4H3,(H2,34,35)(H,36,40). The summed E-state index contributed by atoms with van der Waals surface area (Å²) < 4.78 is 30.0. The Morgan fingerprint density at radius 2 is 1.70 bits per heavy atom. The van der Waals surface area contributed by atoms with E-state index >= 15 is 0 Å². The van der Waals surface area contributed by atoms with E-state index in [-0.39, 0.29) is 27.7 Å². The Kier molecular flexibility index (Phi) is 8.30. The Hall–Kier alpha value is -4.58. The predicted molar refractivity (Wildman–Crippen MR) is 172 cm³/mol. The average Bonchev–Trinajstić information content (AvgIpc) is 2.96. The van der Waals surface area contributed by atoms with Crippen molar-refractivity contribution in [2.45, 2.75) is 44.2 Å². The summed E-state index contributed by atoms with van der Waals surface area (Å²) in [6.07, 6.45) is 1.37. The summed E-state index contributed by atoms with van der Waals surface area (Å²) in [6.45, 7) is 6.99. The van der Waals surface area contributed by atoms with Crippen molar-refractivity contribution in [3.05, 3.63) is 112 Å². The van der Waals surface area contributed by atoms with E-state index in [0.717, 1.165) is 0 Å². The smallest absolute Gasteiger partial charge is 0.274 e. The molecule has 44 heavy (non-hydrogen) atoms. The van der Waals surface area contributed by atoms with Gasteiger partial charge in [-0.3, -0.25) is 14.2 Å². The van der Waals surface area contributed by atoms with E-state index in [1.165, 1.54) is 22.9 Å². The van der Waals surface area contributed by atoms with E-state index in [2.05, 4.69) is 20.0 Å². The number of rotatable bonds is 7. The van der Waals surface area contributed by atoms with E-state index in [1.807, 2.05) is 24.3 Å². The summed E-state index contributed by atoms with van der Waals surface area (Å²) in [4.78, 5) is 35.9. The number of benzene rings is 3. The lowest BCUT2D eigenvalue weighted by Crippen LogP contribution is -2.40. The second kappa shape index (κ2) is 11.8. The SMILES string of the molecule is CC(NC(=O)c1nc(-c2cccc(S(=O)(=O)NC(C)(C)C)c2)cnc1N)c1cc2cccc(Cl)c2c(=O)n1-c1ccccc1. The van der Waals surface area contributed by atoms with Crippen LogP contribution in [0, 0.1) is 0 Å². The number of fused-ring (bicyclic) bond motifs is 1. The molecule has 0 bridgehead atoms. The highest BCUT2D eigenvalue weighted by Crippen LogP contribution is 2.27. The third kappa shape index (κ3) is 6.35. The molecule has 1 unspecified atom stereocenters. The van der Waals surface area contributed by atoms with Crippen molar-refractivity contribution in [2.75, 3.05) is 5.73 Å². The van der Waals surface area contributed by atoms with Gasteiger partial charge in [0.15, 0.2) is 11.5 Å². The molecule has 2 aromatic heterocycles. The highest BCUT2D eigenvalue weighted by Gasteiger charge is 2.24. The van der Waals surface area contributed by atoms with Crippen LogP contribution >= 0.6 is 11.6 Å². The first kappa shape index (κ1) is 30.9. The second-order valence-corrected chi connectivity index (χ2v) is 13.4. The van der Waals surface area contributed by atoms with Gasteiger partial charge in [0.05, 0.1) is 33.2 Å². The second-order valence-electron chi connectivity index (χ2n) is 11.3. The number of nitrogens with one attached hydrogen (secondary N) is 2. The van der Waals surface area contributed by atoms with Crippen LogP contribution in [0.3, 0.4) is 0 Å². The molecule has 0 aliphatic heterocycles. The number of hydrogen-bond acceptors (Lipinski definition) is 7.